The second kappa shape index (κ2) is 5.06. The Morgan fingerprint density at radius 3 is 3.00 bits per heavy atom. The lowest BCUT2D eigenvalue weighted by Crippen LogP contribution is -2.24. The van der Waals surface area contributed by atoms with Crippen molar-refractivity contribution in [1.82, 2.24) is 4.98 Å². The highest BCUT2D eigenvalue weighted by atomic mass is 16.6. The minimum atomic E-state index is -0.508. The van der Waals surface area contributed by atoms with E-state index < -0.39 is 10.8 Å². The minimum Gasteiger partial charge on any atom is -0.370 e. The Kier molecular flexibility index (Phi) is 3.76. The van der Waals surface area contributed by atoms with Gasteiger partial charge in [0.25, 0.3) is 5.69 Å². The summed E-state index contributed by atoms with van der Waals surface area (Å²) < 4.78 is 0. The Hall–Kier alpha value is -2.18. The third-order valence-electron chi connectivity index (χ3n) is 1.86. The first kappa shape index (κ1) is 11.9. The van der Waals surface area contributed by atoms with Crippen molar-refractivity contribution in [3.05, 3.63) is 28.4 Å². The molecule has 1 amide bonds. The van der Waals surface area contributed by atoms with Crippen molar-refractivity contribution < 1.29 is 9.72 Å². The number of nitrogens with one attached hydrogen (secondary N) is 1. The largest absolute Gasteiger partial charge is 0.370 e. The lowest BCUT2D eigenvalue weighted by atomic mass is 10.2. The van der Waals surface area contributed by atoms with Gasteiger partial charge < -0.3 is 11.1 Å². The quantitative estimate of drug-likeness (QED) is 0.563. The van der Waals surface area contributed by atoms with Gasteiger partial charge in [0, 0.05) is 24.7 Å². The number of nitrogens with zero attached hydrogens (tertiary/aromatic N) is 2. The van der Waals surface area contributed by atoms with Crippen molar-refractivity contribution in [1.29, 1.82) is 0 Å². The number of primary amides is 1. The Balaban J connectivity index is 2.70. The molecule has 3 N–H and O–H groups in total. The van der Waals surface area contributed by atoms with Crippen LogP contribution in [-0.4, -0.2) is 21.9 Å². The summed E-state index contributed by atoms with van der Waals surface area (Å²) in [6.07, 6.45) is 1.47. The molecule has 1 unspecified atom stereocenters. The first-order valence-corrected chi connectivity index (χ1v) is 4.64. The van der Waals surface area contributed by atoms with Crippen molar-refractivity contribution >= 4 is 17.4 Å². The fourth-order valence-corrected chi connectivity index (χ4v) is 1.22. The maximum absolute atomic E-state index is 10.6. The number of hydrogen-bond donors (Lipinski definition) is 2. The maximum Gasteiger partial charge on any atom is 0.274 e. The molecule has 0 spiro atoms. The molecule has 0 aromatic carbocycles. The monoisotopic (exact) mass is 224 g/mol. The van der Waals surface area contributed by atoms with Crippen LogP contribution >= 0.6 is 0 Å². The first-order chi connectivity index (χ1) is 7.49. The number of pyridine rings is 1. The molecule has 0 bridgehead atoms. The van der Waals surface area contributed by atoms with Gasteiger partial charge in [-0.2, -0.15) is 0 Å². The molecule has 0 aliphatic carbocycles. The highest BCUT2D eigenvalue weighted by Gasteiger charge is 2.10. The number of hydrogen-bond acceptors (Lipinski definition) is 5. The second-order valence-electron chi connectivity index (χ2n) is 3.37. The van der Waals surface area contributed by atoms with Gasteiger partial charge in [0.15, 0.2) is 0 Å². The second-order valence-corrected chi connectivity index (χ2v) is 3.37. The zero-order chi connectivity index (χ0) is 12.1. The maximum atomic E-state index is 10.6. The van der Waals surface area contributed by atoms with Gasteiger partial charge in [-0.3, -0.25) is 14.9 Å². The molecule has 1 aromatic heterocycles. The van der Waals surface area contributed by atoms with Crippen LogP contribution in [0, 0.1) is 10.1 Å². The van der Waals surface area contributed by atoms with Crippen LogP contribution in [0.15, 0.2) is 18.3 Å². The molecule has 0 fully saturated rings. The molecule has 7 heteroatoms. The Bertz CT molecular complexity index is 407. The number of carbonyl (C=O) groups is 1. The van der Waals surface area contributed by atoms with Crippen LogP contribution in [0.3, 0.4) is 0 Å². The van der Waals surface area contributed by atoms with E-state index in [0.717, 1.165) is 0 Å². The Morgan fingerprint density at radius 2 is 2.44 bits per heavy atom. The normalized spacial score (nSPS) is 11.8. The van der Waals surface area contributed by atoms with E-state index in [2.05, 4.69) is 10.3 Å². The van der Waals surface area contributed by atoms with Crippen molar-refractivity contribution in [2.75, 3.05) is 5.32 Å². The van der Waals surface area contributed by atoms with Gasteiger partial charge in [-0.1, -0.05) is 0 Å². The Morgan fingerprint density at radius 1 is 1.75 bits per heavy atom. The lowest BCUT2D eigenvalue weighted by Gasteiger charge is -2.11. The molecule has 0 aliphatic rings. The summed E-state index contributed by atoms with van der Waals surface area (Å²) in [5.74, 6) is -0.0895. The number of nitrogens with two attached hydrogens (primary N) is 1. The van der Waals surface area contributed by atoms with Crippen molar-refractivity contribution in [2.24, 2.45) is 5.73 Å². The number of anilines is 1. The van der Waals surface area contributed by atoms with E-state index in [1.54, 1.807) is 6.92 Å². The molecule has 16 heavy (non-hydrogen) atoms. The predicted octanol–water partition coefficient (Wildman–Crippen LogP) is 0.666. The van der Waals surface area contributed by atoms with Crippen molar-refractivity contribution in [2.45, 2.75) is 19.4 Å². The van der Waals surface area contributed by atoms with Crippen LogP contribution in [0.1, 0.15) is 13.3 Å². The van der Waals surface area contributed by atoms with E-state index in [9.17, 15) is 14.9 Å². The fourth-order valence-electron chi connectivity index (χ4n) is 1.22. The van der Waals surface area contributed by atoms with Crippen LogP contribution in [0.2, 0.25) is 0 Å². The minimum absolute atomic E-state index is 0.0521. The van der Waals surface area contributed by atoms with Crippen LogP contribution in [0.4, 0.5) is 11.5 Å². The van der Waals surface area contributed by atoms with E-state index >= 15 is 0 Å². The third kappa shape index (κ3) is 3.52. The molecular formula is C9H12N4O3. The summed E-state index contributed by atoms with van der Waals surface area (Å²) in [5, 5.41) is 13.3. The van der Waals surface area contributed by atoms with Gasteiger partial charge >= 0.3 is 0 Å². The highest BCUT2D eigenvalue weighted by Crippen LogP contribution is 2.15. The smallest absolute Gasteiger partial charge is 0.274 e. The molecule has 1 rings (SSSR count). The van der Waals surface area contributed by atoms with Crippen molar-refractivity contribution in [3.63, 3.8) is 0 Å². The molecular weight excluding hydrogens is 212 g/mol. The van der Waals surface area contributed by atoms with Gasteiger partial charge in [-0.25, -0.2) is 4.98 Å². The standard InChI is InChI=1S/C9H12N4O3/c1-6(4-8(10)14)12-9-5-7(13(15)16)2-3-11-9/h2-3,5-6H,4H2,1H3,(H2,10,14)(H,11,12). The number of aromatic nitrogens is 1. The molecule has 0 saturated heterocycles. The first-order valence-electron chi connectivity index (χ1n) is 4.64. The molecule has 0 radical (unpaired) electrons. The van der Waals surface area contributed by atoms with Crippen LogP contribution in [0.5, 0.6) is 0 Å². The van der Waals surface area contributed by atoms with E-state index in [4.69, 9.17) is 5.73 Å². The fraction of sp³-hybridized carbons (Fsp3) is 0.333. The summed E-state index contributed by atoms with van der Waals surface area (Å²) in [6.45, 7) is 1.74. The molecule has 86 valence electrons. The zero-order valence-electron chi connectivity index (χ0n) is 8.71. The number of carbonyl (C=O) groups excluding carboxylic acids is 1. The summed E-state index contributed by atoms with van der Waals surface area (Å²) in [4.78, 5) is 24.5. The topological polar surface area (TPSA) is 111 Å². The molecule has 1 heterocycles. The lowest BCUT2D eigenvalue weighted by molar-refractivity contribution is -0.384. The molecule has 0 saturated carbocycles. The molecule has 7 nitrogen and oxygen atoms in total. The molecule has 1 atom stereocenters. The molecule has 0 aliphatic heterocycles. The summed E-state index contributed by atoms with van der Waals surface area (Å²) >= 11 is 0. The number of rotatable bonds is 5. The highest BCUT2D eigenvalue weighted by molar-refractivity contribution is 5.74. The predicted molar refractivity (Wildman–Crippen MR) is 57.8 cm³/mol. The summed E-state index contributed by atoms with van der Waals surface area (Å²) in [6, 6.07) is 2.38. The van der Waals surface area contributed by atoms with E-state index in [-0.39, 0.29) is 18.2 Å². The average molecular weight is 224 g/mol. The van der Waals surface area contributed by atoms with Crippen LogP contribution in [-0.2, 0) is 4.79 Å². The Labute approximate surface area is 91.8 Å². The van der Waals surface area contributed by atoms with Crippen LogP contribution < -0.4 is 11.1 Å². The van der Waals surface area contributed by atoms with Gasteiger partial charge in [-0.05, 0) is 6.92 Å². The number of amides is 1. The third-order valence-corrected chi connectivity index (χ3v) is 1.86. The van der Waals surface area contributed by atoms with E-state index in [1.807, 2.05) is 0 Å². The van der Waals surface area contributed by atoms with Gasteiger partial charge in [0.1, 0.15) is 5.82 Å². The SMILES string of the molecule is CC(CC(N)=O)Nc1cc([N+](=O)[O-])ccn1. The van der Waals surface area contributed by atoms with E-state index in [1.165, 1.54) is 18.3 Å². The average Bonchev–Trinajstić information content (AvgIpc) is 2.16. The molecule has 1 aromatic rings. The van der Waals surface area contributed by atoms with Crippen molar-refractivity contribution in [3.8, 4) is 0 Å². The summed E-state index contributed by atoms with van der Waals surface area (Å²) in [5.41, 5.74) is 4.97. The van der Waals surface area contributed by atoms with Gasteiger partial charge in [0.05, 0.1) is 11.0 Å². The zero-order valence-corrected chi connectivity index (χ0v) is 8.71. The number of nitro groups is 1. The van der Waals surface area contributed by atoms with E-state index in [0.29, 0.717) is 5.82 Å². The van der Waals surface area contributed by atoms with Crippen LogP contribution in [0.25, 0.3) is 0 Å². The summed E-state index contributed by atoms with van der Waals surface area (Å²) in [7, 11) is 0. The van der Waals surface area contributed by atoms with Gasteiger partial charge in [-0.15, -0.1) is 0 Å². The van der Waals surface area contributed by atoms with Gasteiger partial charge in [0.2, 0.25) is 5.91 Å².